The molecule has 1 aromatic heterocycles. The first-order chi connectivity index (χ1) is 17.6. The fourth-order valence-corrected chi connectivity index (χ4v) is 4.47. The molecule has 0 atom stereocenters. The number of allylic oxidation sites excluding steroid dienone is 1. The minimum atomic E-state index is -0.119. The van der Waals surface area contributed by atoms with Gasteiger partial charge in [-0.05, 0) is 41.5 Å². The van der Waals surface area contributed by atoms with Gasteiger partial charge in [0.15, 0.2) is 0 Å². The van der Waals surface area contributed by atoms with Gasteiger partial charge in [-0.25, -0.2) is 0 Å². The Morgan fingerprint density at radius 3 is 2.08 bits per heavy atom. The van der Waals surface area contributed by atoms with Gasteiger partial charge in [0, 0.05) is 21.7 Å². The highest BCUT2D eigenvalue weighted by Crippen LogP contribution is 2.37. The number of nitrogens with zero attached hydrogens (tertiary/aromatic N) is 3. The number of fused-ring (bicyclic) bond motifs is 1. The van der Waals surface area contributed by atoms with Gasteiger partial charge >= 0.3 is 0 Å². The van der Waals surface area contributed by atoms with Gasteiger partial charge in [0.25, 0.3) is 0 Å². The molecule has 0 aliphatic heterocycles. The van der Waals surface area contributed by atoms with Crippen LogP contribution in [-0.4, -0.2) is 16.2 Å². The number of hydrogen-bond acceptors (Lipinski definition) is 2. The zero-order chi connectivity index (χ0) is 24.9. The maximum Gasteiger partial charge on any atom is 0.211 e. The number of para-hydroxylation sites is 2. The molecular weight excluding hydrogens is 466 g/mol. The summed E-state index contributed by atoms with van der Waals surface area (Å²) in [6.45, 7) is 0. The summed E-state index contributed by atoms with van der Waals surface area (Å²) in [5, 5.41) is 10.2. The molecule has 0 fully saturated rings. The fraction of sp³-hybridized carbons (Fsp3) is 0. The van der Waals surface area contributed by atoms with E-state index in [1.807, 2.05) is 84.9 Å². The maximum atomic E-state index is 6.42. The van der Waals surface area contributed by atoms with Gasteiger partial charge in [0.05, 0.1) is 16.9 Å². The number of aromatic nitrogens is 1. The molecule has 0 bridgehead atoms. The van der Waals surface area contributed by atoms with Gasteiger partial charge in [-0.15, -0.1) is 10.2 Å². The quantitative estimate of drug-likeness (QED) is 0.159. The standard InChI is InChI=1S/C30H24ClN5/c31-25-17-9-7-11-21(25)19-20-26(34-35-30(32)33)28-24-16-8-10-18-27(24)36(23-14-5-2-6-15-23)29(28)22-12-3-1-4-13-22/h1-20H,(H4,32,33,35). The van der Waals surface area contributed by atoms with Crippen molar-refractivity contribution in [2.24, 2.45) is 21.7 Å². The summed E-state index contributed by atoms with van der Waals surface area (Å²) in [5.41, 5.74) is 17.8. The molecule has 176 valence electrons. The smallest absolute Gasteiger partial charge is 0.211 e. The second-order valence-electron chi connectivity index (χ2n) is 8.14. The molecular formula is C30H24ClN5. The van der Waals surface area contributed by atoms with Gasteiger partial charge in [-0.1, -0.05) is 103 Å². The first-order valence-electron chi connectivity index (χ1n) is 11.5. The summed E-state index contributed by atoms with van der Waals surface area (Å²) < 4.78 is 2.24. The van der Waals surface area contributed by atoms with Crippen LogP contribution < -0.4 is 11.5 Å². The van der Waals surface area contributed by atoms with Gasteiger partial charge in [0.1, 0.15) is 0 Å². The van der Waals surface area contributed by atoms with E-state index >= 15 is 0 Å². The summed E-state index contributed by atoms with van der Waals surface area (Å²) in [5.74, 6) is -0.119. The molecule has 0 amide bonds. The zero-order valence-electron chi connectivity index (χ0n) is 19.4. The third-order valence-electron chi connectivity index (χ3n) is 5.79. The van der Waals surface area contributed by atoms with E-state index in [-0.39, 0.29) is 5.96 Å². The van der Waals surface area contributed by atoms with Crippen LogP contribution in [0.15, 0.2) is 125 Å². The molecule has 4 N–H and O–H groups in total. The molecule has 0 radical (unpaired) electrons. The second kappa shape index (κ2) is 10.3. The molecule has 4 aromatic carbocycles. The SMILES string of the molecule is NC(N)=NN=C(C=Cc1ccccc1Cl)c1c(-c2ccccc2)n(-c2ccccc2)c2ccccc12. The molecule has 5 nitrogen and oxygen atoms in total. The molecule has 1 heterocycles. The van der Waals surface area contributed by atoms with E-state index < -0.39 is 0 Å². The summed E-state index contributed by atoms with van der Waals surface area (Å²) in [4.78, 5) is 0. The van der Waals surface area contributed by atoms with Crippen molar-refractivity contribution in [3.05, 3.63) is 131 Å². The van der Waals surface area contributed by atoms with E-state index in [9.17, 15) is 0 Å². The van der Waals surface area contributed by atoms with E-state index in [2.05, 4.69) is 51.2 Å². The lowest BCUT2D eigenvalue weighted by Gasteiger charge is -2.13. The molecule has 0 spiro atoms. The Balaban J connectivity index is 1.86. The largest absolute Gasteiger partial charge is 0.369 e. The average Bonchev–Trinajstić information content (AvgIpc) is 3.26. The topological polar surface area (TPSA) is 81.7 Å². The van der Waals surface area contributed by atoms with Gasteiger partial charge in [-0.3, -0.25) is 0 Å². The van der Waals surface area contributed by atoms with Crippen molar-refractivity contribution in [2.75, 3.05) is 0 Å². The van der Waals surface area contributed by atoms with E-state index in [4.69, 9.17) is 23.1 Å². The Bertz CT molecular complexity index is 1600. The molecule has 0 unspecified atom stereocenters. The van der Waals surface area contributed by atoms with E-state index in [1.165, 1.54) is 0 Å². The first kappa shape index (κ1) is 23.1. The van der Waals surface area contributed by atoms with Crippen molar-refractivity contribution in [3.63, 3.8) is 0 Å². The monoisotopic (exact) mass is 489 g/mol. The van der Waals surface area contributed by atoms with Crippen LogP contribution in [0.25, 0.3) is 33.9 Å². The van der Waals surface area contributed by atoms with Crippen molar-refractivity contribution < 1.29 is 0 Å². The van der Waals surface area contributed by atoms with Gasteiger partial charge in [0.2, 0.25) is 5.96 Å². The van der Waals surface area contributed by atoms with Crippen LogP contribution in [0.1, 0.15) is 11.1 Å². The molecule has 0 aliphatic rings. The van der Waals surface area contributed by atoms with E-state index in [1.54, 1.807) is 0 Å². The van der Waals surface area contributed by atoms with E-state index in [0.29, 0.717) is 10.7 Å². The summed E-state index contributed by atoms with van der Waals surface area (Å²) in [6.07, 6.45) is 3.82. The lowest BCUT2D eigenvalue weighted by Crippen LogP contribution is -2.22. The Morgan fingerprint density at radius 1 is 0.722 bits per heavy atom. The van der Waals surface area contributed by atoms with Crippen molar-refractivity contribution in [1.29, 1.82) is 0 Å². The van der Waals surface area contributed by atoms with Crippen molar-refractivity contribution in [3.8, 4) is 16.9 Å². The highest BCUT2D eigenvalue weighted by Gasteiger charge is 2.22. The third kappa shape index (κ3) is 4.65. The normalized spacial score (nSPS) is 11.8. The minimum absolute atomic E-state index is 0.119. The Hall–Kier alpha value is -4.61. The van der Waals surface area contributed by atoms with Crippen LogP contribution >= 0.6 is 11.6 Å². The Labute approximate surface area is 214 Å². The summed E-state index contributed by atoms with van der Waals surface area (Å²) in [7, 11) is 0. The molecule has 5 rings (SSSR count). The lowest BCUT2D eigenvalue weighted by molar-refractivity contribution is 1.13. The maximum absolute atomic E-state index is 6.42. The lowest BCUT2D eigenvalue weighted by atomic mass is 10.00. The van der Waals surface area contributed by atoms with E-state index in [0.717, 1.165) is 39.0 Å². The number of benzene rings is 4. The Morgan fingerprint density at radius 2 is 1.36 bits per heavy atom. The van der Waals surface area contributed by atoms with Crippen molar-refractivity contribution in [1.82, 2.24) is 4.57 Å². The number of guanidine groups is 1. The summed E-state index contributed by atoms with van der Waals surface area (Å²) >= 11 is 6.42. The van der Waals surface area contributed by atoms with Crippen molar-refractivity contribution >= 4 is 40.3 Å². The Kier molecular flexibility index (Phi) is 6.65. The highest BCUT2D eigenvalue weighted by molar-refractivity contribution is 6.32. The number of rotatable bonds is 6. The molecule has 0 saturated carbocycles. The second-order valence-corrected chi connectivity index (χ2v) is 8.55. The van der Waals surface area contributed by atoms with Gasteiger partial charge in [-0.2, -0.15) is 0 Å². The first-order valence-corrected chi connectivity index (χ1v) is 11.8. The van der Waals surface area contributed by atoms with Crippen molar-refractivity contribution in [2.45, 2.75) is 0 Å². The van der Waals surface area contributed by atoms with Crippen LogP contribution in [0.4, 0.5) is 0 Å². The highest BCUT2D eigenvalue weighted by atomic mass is 35.5. The van der Waals surface area contributed by atoms with Crippen LogP contribution in [-0.2, 0) is 0 Å². The third-order valence-corrected chi connectivity index (χ3v) is 6.14. The predicted molar refractivity (Wildman–Crippen MR) is 152 cm³/mol. The zero-order valence-corrected chi connectivity index (χ0v) is 20.2. The number of hydrogen-bond donors (Lipinski definition) is 2. The fourth-order valence-electron chi connectivity index (χ4n) is 4.27. The van der Waals surface area contributed by atoms with Crippen LogP contribution in [0.5, 0.6) is 0 Å². The number of nitrogens with two attached hydrogens (primary N) is 2. The average molecular weight is 490 g/mol. The molecule has 0 saturated heterocycles. The molecule has 5 aromatic rings. The van der Waals surface area contributed by atoms with Crippen LogP contribution in [0.2, 0.25) is 5.02 Å². The van der Waals surface area contributed by atoms with Crippen LogP contribution in [0, 0.1) is 0 Å². The number of halogens is 1. The van der Waals surface area contributed by atoms with Crippen LogP contribution in [0.3, 0.4) is 0 Å². The molecule has 0 aliphatic carbocycles. The van der Waals surface area contributed by atoms with Gasteiger partial charge < -0.3 is 16.0 Å². The predicted octanol–water partition coefficient (Wildman–Crippen LogP) is 6.64. The molecule has 36 heavy (non-hydrogen) atoms. The summed E-state index contributed by atoms with van der Waals surface area (Å²) in [6, 6.07) is 36.4. The molecule has 6 heteroatoms. The minimum Gasteiger partial charge on any atom is -0.369 e.